The quantitative estimate of drug-likeness (QED) is 0.743. The number of ether oxygens (including phenoxy) is 1. The van der Waals surface area contributed by atoms with Crippen molar-refractivity contribution in [2.75, 3.05) is 12.4 Å². The lowest BCUT2D eigenvalue weighted by Gasteiger charge is -2.40. The number of esters is 1. The van der Waals surface area contributed by atoms with Gasteiger partial charge in [0.1, 0.15) is 16.9 Å². The molecular weight excluding hydrogens is 384 g/mol. The molecule has 2 aliphatic heterocycles. The fourth-order valence-electron chi connectivity index (χ4n) is 4.66. The van der Waals surface area contributed by atoms with E-state index in [0.29, 0.717) is 22.7 Å². The molecular formula is C22H26N4O4. The Balaban J connectivity index is 1.69. The molecule has 4 rings (SSSR count). The van der Waals surface area contributed by atoms with Crippen molar-refractivity contribution in [3.05, 3.63) is 46.6 Å². The second-order valence-corrected chi connectivity index (χ2v) is 8.14. The van der Waals surface area contributed by atoms with Crippen molar-refractivity contribution < 1.29 is 19.1 Å². The number of methoxy groups -OCH3 is 1. The summed E-state index contributed by atoms with van der Waals surface area (Å²) in [5, 5.41) is 6.30. The number of aryl methyl sites for hydroxylation is 1. The molecule has 0 radical (unpaired) electrons. The van der Waals surface area contributed by atoms with Gasteiger partial charge < -0.3 is 15.4 Å². The van der Waals surface area contributed by atoms with Crippen molar-refractivity contribution in [3.63, 3.8) is 0 Å². The SMILES string of the molecule is COC(=O)c1cnc(C)cc1NC1=CC(C)=C2C(=O)NC3(CCCCC3)N2C(=O)C1. The fraction of sp³-hybridized carbons (Fsp3) is 0.455. The van der Waals surface area contributed by atoms with Crippen LogP contribution in [0.15, 0.2) is 35.3 Å². The van der Waals surface area contributed by atoms with E-state index in [4.69, 9.17) is 4.74 Å². The van der Waals surface area contributed by atoms with E-state index in [1.54, 1.807) is 11.0 Å². The van der Waals surface area contributed by atoms with E-state index in [9.17, 15) is 14.4 Å². The maximum absolute atomic E-state index is 13.3. The maximum Gasteiger partial charge on any atom is 0.341 e. The van der Waals surface area contributed by atoms with E-state index in [1.165, 1.54) is 13.3 Å². The summed E-state index contributed by atoms with van der Waals surface area (Å²) >= 11 is 0. The zero-order chi connectivity index (χ0) is 21.5. The summed E-state index contributed by atoms with van der Waals surface area (Å²) in [4.78, 5) is 44.1. The molecule has 1 aromatic heterocycles. The number of hydrogen-bond donors (Lipinski definition) is 2. The maximum atomic E-state index is 13.3. The van der Waals surface area contributed by atoms with Gasteiger partial charge in [-0.2, -0.15) is 0 Å². The number of rotatable bonds is 3. The Labute approximate surface area is 175 Å². The van der Waals surface area contributed by atoms with E-state index in [2.05, 4.69) is 15.6 Å². The summed E-state index contributed by atoms with van der Waals surface area (Å²) in [6.07, 6.45) is 7.96. The van der Waals surface area contributed by atoms with Gasteiger partial charge in [0.15, 0.2) is 0 Å². The topological polar surface area (TPSA) is 101 Å². The minimum Gasteiger partial charge on any atom is -0.465 e. The molecule has 0 bridgehead atoms. The van der Waals surface area contributed by atoms with Gasteiger partial charge in [-0.1, -0.05) is 6.42 Å². The summed E-state index contributed by atoms with van der Waals surface area (Å²) < 4.78 is 4.85. The lowest BCUT2D eigenvalue weighted by molar-refractivity contribution is -0.134. The number of allylic oxidation sites excluding steroid dienone is 2. The van der Waals surface area contributed by atoms with Crippen LogP contribution >= 0.6 is 0 Å². The molecule has 2 amide bonds. The summed E-state index contributed by atoms with van der Waals surface area (Å²) in [6, 6.07) is 1.74. The van der Waals surface area contributed by atoms with Gasteiger partial charge in [0.05, 0.1) is 19.2 Å². The monoisotopic (exact) mass is 410 g/mol. The molecule has 8 heteroatoms. The van der Waals surface area contributed by atoms with Crippen LogP contribution in [0.5, 0.6) is 0 Å². The second-order valence-electron chi connectivity index (χ2n) is 8.14. The first-order valence-corrected chi connectivity index (χ1v) is 10.2. The lowest BCUT2D eigenvalue weighted by atomic mass is 9.88. The van der Waals surface area contributed by atoms with Gasteiger partial charge >= 0.3 is 5.97 Å². The van der Waals surface area contributed by atoms with Crippen LogP contribution < -0.4 is 10.6 Å². The minimum absolute atomic E-state index is 0.0968. The van der Waals surface area contributed by atoms with Crippen LogP contribution in [0.2, 0.25) is 0 Å². The normalized spacial score (nSPS) is 20.5. The highest BCUT2D eigenvalue weighted by atomic mass is 16.5. The number of carbonyl (C=O) groups is 3. The third-order valence-corrected chi connectivity index (χ3v) is 5.99. The van der Waals surface area contributed by atoms with Gasteiger partial charge in [0.25, 0.3) is 5.91 Å². The first kappa shape index (κ1) is 20.1. The van der Waals surface area contributed by atoms with Crippen molar-refractivity contribution in [1.82, 2.24) is 15.2 Å². The van der Waals surface area contributed by atoms with Crippen LogP contribution in [0.25, 0.3) is 0 Å². The molecule has 3 heterocycles. The van der Waals surface area contributed by atoms with E-state index < -0.39 is 11.6 Å². The minimum atomic E-state index is -0.614. The van der Waals surface area contributed by atoms with Gasteiger partial charge in [0.2, 0.25) is 5.91 Å². The first-order valence-electron chi connectivity index (χ1n) is 10.2. The number of anilines is 1. The van der Waals surface area contributed by atoms with Gasteiger partial charge in [-0.3, -0.25) is 19.5 Å². The smallest absolute Gasteiger partial charge is 0.341 e. The third kappa shape index (κ3) is 3.36. The molecule has 2 N–H and O–H groups in total. The standard InChI is InChI=1S/C22H26N4O4/c1-13-9-15(24-17-10-14(2)23-12-16(17)21(29)30-3)11-18(27)26-19(13)20(28)25-22(26)7-5-4-6-8-22/h9-10,12H,4-8,11H2,1-3H3,(H,23,24)(H,25,28). The van der Waals surface area contributed by atoms with Crippen LogP contribution in [0.4, 0.5) is 5.69 Å². The number of amides is 2. The molecule has 0 atom stereocenters. The van der Waals surface area contributed by atoms with Crippen molar-refractivity contribution in [1.29, 1.82) is 0 Å². The molecule has 0 unspecified atom stereocenters. The average Bonchev–Trinajstić information content (AvgIpc) is 2.91. The summed E-state index contributed by atoms with van der Waals surface area (Å²) in [5.41, 5.74) is 2.68. The van der Waals surface area contributed by atoms with E-state index in [0.717, 1.165) is 37.8 Å². The Morgan fingerprint density at radius 2 is 1.97 bits per heavy atom. The molecule has 1 saturated heterocycles. The van der Waals surface area contributed by atoms with Crippen LogP contribution in [-0.4, -0.2) is 40.4 Å². The molecule has 1 saturated carbocycles. The molecule has 0 aromatic carbocycles. The number of nitrogens with zero attached hydrogens (tertiary/aromatic N) is 2. The Kier molecular flexibility index (Phi) is 5.09. The molecule has 2 fully saturated rings. The zero-order valence-corrected chi connectivity index (χ0v) is 17.5. The van der Waals surface area contributed by atoms with Gasteiger partial charge in [-0.05, 0) is 57.2 Å². The van der Waals surface area contributed by atoms with Crippen molar-refractivity contribution >= 4 is 23.5 Å². The highest BCUT2D eigenvalue weighted by Crippen LogP contribution is 2.41. The summed E-state index contributed by atoms with van der Waals surface area (Å²) in [6.45, 7) is 3.66. The van der Waals surface area contributed by atoms with Crippen LogP contribution in [0.3, 0.4) is 0 Å². The number of hydrogen-bond acceptors (Lipinski definition) is 6. The van der Waals surface area contributed by atoms with Crippen molar-refractivity contribution in [3.8, 4) is 0 Å². The van der Waals surface area contributed by atoms with Crippen molar-refractivity contribution in [2.24, 2.45) is 0 Å². The lowest BCUT2D eigenvalue weighted by Crippen LogP contribution is -2.54. The van der Waals surface area contributed by atoms with Crippen LogP contribution in [0, 0.1) is 6.92 Å². The Hall–Kier alpha value is -3.16. The third-order valence-electron chi connectivity index (χ3n) is 5.99. The van der Waals surface area contributed by atoms with Crippen LogP contribution in [-0.2, 0) is 14.3 Å². The second kappa shape index (κ2) is 7.59. The fourth-order valence-corrected chi connectivity index (χ4v) is 4.66. The highest BCUT2D eigenvalue weighted by Gasteiger charge is 2.51. The Morgan fingerprint density at radius 3 is 2.67 bits per heavy atom. The largest absolute Gasteiger partial charge is 0.465 e. The average molecular weight is 410 g/mol. The zero-order valence-electron chi connectivity index (χ0n) is 17.5. The summed E-state index contributed by atoms with van der Waals surface area (Å²) in [5.74, 6) is -0.844. The molecule has 158 valence electrons. The molecule has 3 aliphatic rings. The Bertz CT molecular complexity index is 989. The van der Waals surface area contributed by atoms with Gasteiger partial charge in [-0.25, -0.2) is 4.79 Å². The molecule has 1 aromatic rings. The van der Waals surface area contributed by atoms with E-state index in [-0.39, 0.29) is 23.8 Å². The Morgan fingerprint density at radius 1 is 1.23 bits per heavy atom. The predicted octanol–water partition coefficient (Wildman–Crippen LogP) is 2.77. The van der Waals surface area contributed by atoms with E-state index >= 15 is 0 Å². The number of nitrogens with one attached hydrogen (secondary N) is 2. The molecule has 1 aliphatic carbocycles. The van der Waals surface area contributed by atoms with Crippen LogP contribution in [0.1, 0.15) is 61.5 Å². The highest BCUT2D eigenvalue weighted by molar-refractivity contribution is 6.04. The number of pyridine rings is 1. The van der Waals surface area contributed by atoms with Crippen molar-refractivity contribution in [2.45, 2.75) is 58.0 Å². The van der Waals surface area contributed by atoms with Gasteiger partial charge in [-0.15, -0.1) is 0 Å². The predicted molar refractivity (Wildman–Crippen MR) is 110 cm³/mol. The first-order chi connectivity index (χ1) is 14.3. The molecule has 30 heavy (non-hydrogen) atoms. The molecule has 1 spiro atoms. The summed E-state index contributed by atoms with van der Waals surface area (Å²) in [7, 11) is 1.31. The molecule has 8 nitrogen and oxygen atoms in total. The number of carbonyl (C=O) groups excluding carboxylic acids is 3. The van der Waals surface area contributed by atoms with Gasteiger partial charge in [0, 0.05) is 17.6 Å². The number of fused-ring (bicyclic) bond motifs is 2. The number of aromatic nitrogens is 1. The van der Waals surface area contributed by atoms with E-state index in [1.807, 2.05) is 19.9 Å².